The van der Waals surface area contributed by atoms with E-state index in [-0.39, 0.29) is 39.2 Å². The Hall–Kier alpha value is -5.52. The van der Waals surface area contributed by atoms with Gasteiger partial charge in [0, 0.05) is 11.4 Å². The molecule has 0 unspecified atom stereocenters. The van der Waals surface area contributed by atoms with Gasteiger partial charge in [0.2, 0.25) is 0 Å². The molecule has 0 aliphatic carbocycles. The molecule has 0 radical (unpaired) electrons. The van der Waals surface area contributed by atoms with Crippen LogP contribution in [0.2, 0.25) is 5.02 Å². The van der Waals surface area contributed by atoms with Gasteiger partial charge in [-0.25, -0.2) is 28.2 Å². The third kappa shape index (κ3) is 6.28. The number of anilines is 4. The predicted octanol–water partition coefficient (Wildman–Crippen LogP) is 4.21. The summed E-state index contributed by atoms with van der Waals surface area (Å²) in [6, 6.07) is 18.7. The summed E-state index contributed by atoms with van der Waals surface area (Å²) in [5, 5.41) is 18.5. The molecule has 15 heteroatoms. The number of carbonyl (C=O) groups is 1. The molecule has 0 spiro atoms. The number of amides is 2. The summed E-state index contributed by atoms with van der Waals surface area (Å²) in [6.07, 6.45) is 1.21. The van der Waals surface area contributed by atoms with Crippen molar-refractivity contribution in [2.45, 2.75) is 18.7 Å². The van der Waals surface area contributed by atoms with Crippen molar-refractivity contribution in [1.82, 2.24) is 19.5 Å². The van der Waals surface area contributed by atoms with E-state index in [0.717, 1.165) is 0 Å². The molecule has 13 nitrogen and oxygen atoms in total. The van der Waals surface area contributed by atoms with Crippen LogP contribution >= 0.6 is 11.6 Å². The second-order valence-corrected chi connectivity index (χ2v) is 10.9. The molecule has 0 aliphatic heterocycles. The van der Waals surface area contributed by atoms with E-state index < -0.39 is 28.3 Å². The van der Waals surface area contributed by atoms with Crippen molar-refractivity contribution >= 4 is 62.2 Å². The molecule has 5 rings (SSSR count). The first kappa shape index (κ1) is 30.0. The Balaban J connectivity index is 1.54. The first-order valence-corrected chi connectivity index (χ1v) is 14.8. The molecule has 0 saturated carbocycles. The summed E-state index contributed by atoms with van der Waals surface area (Å²) in [4.78, 5) is 39.6. The fourth-order valence-electron chi connectivity index (χ4n) is 4.56. The van der Waals surface area contributed by atoms with Gasteiger partial charge in [-0.1, -0.05) is 41.9 Å². The Morgan fingerprint density at radius 1 is 1.09 bits per heavy atom. The number of thiol groups is 1. The van der Waals surface area contributed by atoms with Gasteiger partial charge in [0.15, 0.2) is 0 Å². The lowest BCUT2D eigenvalue weighted by atomic mass is 10.2. The molecule has 0 saturated heterocycles. The smallest absolute Gasteiger partial charge is 0.323 e. The number of benzene rings is 3. The molecule has 0 bridgehead atoms. The van der Waals surface area contributed by atoms with Crippen LogP contribution in [0, 0.1) is 11.3 Å². The van der Waals surface area contributed by atoms with Gasteiger partial charge in [0.1, 0.15) is 46.1 Å². The zero-order valence-corrected chi connectivity index (χ0v) is 24.6. The summed E-state index contributed by atoms with van der Waals surface area (Å²) in [5.41, 5.74) is 7.26. The van der Waals surface area contributed by atoms with Crippen LogP contribution in [-0.2, 0) is 16.5 Å². The van der Waals surface area contributed by atoms with Gasteiger partial charge in [-0.05, 0) is 48.9 Å². The quantitative estimate of drug-likeness (QED) is 0.155. The Bertz CT molecular complexity index is 2080. The molecule has 222 valence electrons. The van der Waals surface area contributed by atoms with E-state index in [4.69, 9.17) is 22.3 Å². The maximum Gasteiger partial charge on any atom is 0.323 e. The number of fused-ring (bicyclic) bond motifs is 1. The van der Waals surface area contributed by atoms with Crippen LogP contribution in [0.1, 0.15) is 29.9 Å². The van der Waals surface area contributed by atoms with Crippen molar-refractivity contribution in [2.24, 2.45) is 0 Å². The maximum absolute atomic E-state index is 14.0. The molecular weight excluding hydrogens is 606 g/mol. The predicted molar refractivity (Wildman–Crippen MR) is 169 cm³/mol. The van der Waals surface area contributed by atoms with E-state index in [9.17, 15) is 23.3 Å². The van der Waals surface area contributed by atoms with Crippen molar-refractivity contribution in [3.8, 4) is 11.8 Å². The summed E-state index contributed by atoms with van der Waals surface area (Å²) in [7, 11) is -2.70. The molecule has 3 aromatic carbocycles. The zero-order chi connectivity index (χ0) is 31.4. The van der Waals surface area contributed by atoms with Crippen LogP contribution in [0.3, 0.4) is 0 Å². The van der Waals surface area contributed by atoms with E-state index >= 15 is 0 Å². The number of nitrogen functional groups attached to an aromatic ring is 1. The minimum absolute atomic E-state index is 0.00522. The van der Waals surface area contributed by atoms with Crippen LogP contribution in [0.5, 0.6) is 0 Å². The number of hydrogen-bond acceptors (Lipinski definition) is 10. The van der Waals surface area contributed by atoms with E-state index in [1.165, 1.54) is 10.9 Å². The number of nitrogens with zero attached hydrogens (tertiary/aromatic N) is 5. The molecule has 2 aromatic heterocycles. The molecule has 2 heterocycles. The SMILES string of the molecule is C[C@H](Nc1ncnc(N)c1C#N)c1nc2cccc(Cl)c2c(=O)n1-c1cccc(NC(=O)Nc2ccccc2C[SH](=O)=O)c1. The monoisotopic (exact) mass is 629 g/mol. The highest BCUT2D eigenvalue weighted by Crippen LogP contribution is 2.27. The number of carbonyl (C=O) groups excluding carboxylic acids is 1. The van der Waals surface area contributed by atoms with Gasteiger partial charge >= 0.3 is 6.03 Å². The molecule has 44 heavy (non-hydrogen) atoms. The highest BCUT2D eigenvalue weighted by atomic mass is 35.5. The summed E-state index contributed by atoms with van der Waals surface area (Å²) < 4.78 is 23.9. The number of nitrogens with two attached hydrogens (primary N) is 1. The normalized spacial score (nSPS) is 11.6. The van der Waals surface area contributed by atoms with Gasteiger partial charge in [0.25, 0.3) is 5.56 Å². The number of nitriles is 1. The topological polar surface area (TPSA) is 198 Å². The van der Waals surface area contributed by atoms with Crippen LogP contribution in [-0.4, -0.2) is 34.0 Å². The van der Waals surface area contributed by atoms with Crippen LogP contribution in [0.15, 0.2) is 77.9 Å². The third-order valence-corrected chi connectivity index (χ3v) is 7.44. The lowest BCUT2D eigenvalue weighted by Crippen LogP contribution is -2.28. The largest absolute Gasteiger partial charge is 0.382 e. The number of rotatable bonds is 8. The number of hydrogen-bond donors (Lipinski definition) is 5. The minimum Gasteiger partial charge on any atom is -0.382 e. The first-order valence-electron chi connectivity index (χ1n) is 13.0. The zero-order valence-electron chi connectivity index (χ0n) is 23.0. The molecule has 5 N–H and O–H groups in total. The third-order valence-electron chi connectivity index (χ3n) is 6.53. The van der Waals surface area contributed by atoms with Crippen LogP contribution < -0.4 is 27.2 Å². The van der Waals surface area contributed by atoms with Crippen molar-refractivity contribution in [1.29, 1.82) is 5.26 Å². The second-order valence-electron chi connectivity index (χ2n) is 9.48. The Kier molecular flexibility index (Phi) is 8.70. The molecular formula is C29H24ClN9O4S. The average Bonchev–Trinajstić information content (AvgIpc) is 2.98. The standard InChI is InChI=1S/C29H24ClN9O4S/c1-16(35-26-20(13-31)25(32)33-15-34-26)27-37-23-11-5-9-21(30)24(23)28(40)39(27)19-8-4-7-18(12-19)36-29(41)38-22-10-3-2-6-17(22)14-44(42)43/h2-12,15-16,44H,14H2,1H3,(H2,36,38,41)(H3,32,33,34,35)/t16-/m0/s1. The van der Waals surface area contributed by atoms with E-state index in [1.807, 2.05) is 6.07 Å². The van der Waals surface area contributed by atoms with Crippen molar-refractivity contribution in [3.05, 3.63) is 105 Å². The summed E-state index contributed by atoms with van der Waals surface area (Å²) in [5.74, 6) is 0.185. The number of urea groups is 1. The van der Waals surface area contributed by atoms with Gasteiger partial charge in [-0.2, -0.15) is 5.26 Å². The van der Waals surface area contributed by atoms with Gasteiger partial charge < -0.3 is 21.7 Å². The van der Waals surface area contributed by atoms with Crippen molar-refractivity contribution in [3.63, 3.8) is 0 Å². The molecule has 2 amide bonds. The van der Waals surface area contributed by atoms with Crippen molar-refractivity contribution in [2.75, 3.05) is 21.7 Å². The number of para-hydroxylation sites is 1. The first-order chi connectivity index (χ1) is 21.2. The highest BCUT2D eigenvalue weighted by molar-refractivity contribution is 7.71. The second kappa shape index (κ2) is 12.8. The van der Waals surface area contributed by atoms with Crippen LogP contribution in [0.25, 0.3) is 16.6 Å². The average molecular weight is 630 g/mol. The maximum atomic E-state index is 14.0. The lowest BCUT2D eigenvalue weighted by Gasteiger charge is -2.21. The summed E-state index contributed by atoms with van der Waals surface area (Å²) in [6.45, 7) is 1.73. The minimum atomic E-state index is -2.70. The Morgan fingerprint density at radius 3 is 2.64 bits per heavy atom. The van der Waals surface area contributed by atoms with E-state index in [0.29, 0.717) is 28.1 Å². The van der Waals surface area contributed by atoms with Gasteiger partial charge in [-0.3, -0.25) is 9.36 Å². The van der Waals surface area contributed by atoms with Gasteiger partial charge in [-0.15, -0.1) is 0 Å². The Morgan fingerprint density at radius 2 is 1.86 bits per heavy atom. The van der Waals surface area contributed by atoms with Crippen molar-refractivity contribution < 1.29 is 13.2 Å². The Labute approximate surface area is 257 Å². The van der Waals surface area contributed by atoms with E-state index in [1.54, 1.807) is 73.7 Å². The number of halogens is 1. The molecule has 1 atom stereocenters. The molecule has 0 fully saturated rings. The molecule has 0 aliphatic rings. The fraction of sp³-hybridized carbons (Fsp3) is 0.103. The molecule has 5 aromatic rings. The highest BCUT2D eigenvalue weighted by Gasteiger charge is 2.22. The van der Waals surface area contributed by atoms with E-state index in [2.05, 4.69) is 25.9 Å². The number of nitrogens with one attached hydrogen (secondary N) is 3. The summed E-state index contributed by atoms with van der Waals surface area (Å²) >= 11 is 6.42. The van der Waals surface area contributed by atoms with Gasteiger partial charge in [0.05, 0.1) is 33.4 Å². The van der Waals surface area contributed by atoms with Crippen LogP contribution in [0.4, 0.5) is 27.8 Å². The fourth-order valence-corrected chi connectivity index (χ4v) is 5.37. The lowest BCUT2D eigenvalue weighted by molar-refractivity contribution is 0.262. The number of aromatic nitrogens is 4.